The largest absolute Gasteiger partial charge is 0.313 e. The van der Waals surface area contributed by atoms with Crippen LogP contribution in [0.2, 0.25) is 0 Å². The van der Waals surface area contributed by atoms with Crippen LogP contribution < -0.4 is 5.32 Å². The lowest BCUT2D eigenvalue weighted by atomic mass is 9.96. The minimum absolute atomic E-state index is 0.190. The summed E-state index contributed by atoms with van der Waals surface area (Å²) in [5, 5.41) is 3.29. The summed E-state index contributed by atoms with van der Waals surface area (Å²) in [5.41, 5.74) is 3.73. The van der Waals surface area contributed by atoms with Gasteiger partial charge in [-0.1, -0.05) is 36.4 Å². The maximum atomic E-state index is 12.9. The Balaban J connectivity index is 2.20. The van der Waals surface area contributed by atoms with Gasteiger partial charge in [-0.25, -0.2) is 4.39 Å². The van der Waals surface area contributed by atoms with Crippen LogP contribution in [0.3, 0.4) is 0 Å². The summed E-state index contributed by atoms with van der Waals surface area (Å²) >= 11 is 0. The quantitative estimate of drug-likeness (QED) is 0.864. The number of hydrogen-bond acceptors (Lipinski definition) is 1. The molecule has 0 aliphatic rings. The molecule has 1 nitrogen and oxygen atoms in total. The lowest BCUT2D eigenvalue weighted by Gasteiger charge is -2.18. The van der Waals surface area contributed by atoms with Crippen LogP contribution in [0, 0.1) is 12.7 Å². The van der Waals surface area contributed by atoms with E-state index in [9.17, 15) is 4.39 Å². The summed E-state index contributed by atoms with van der Waals surface area (Å²) in [5.74, 6) is -0.190. The zero-order valence-corrected chi connectivity index (χ0v) is 10.8. The Hall–Kier alpha value is -1.67. The first-order valence-corrected chi connectivity index (χ1v) is 6.18. The van der Waals surface area contributed by atoms with Gasteiger partial charge in [-0.05, 0) is 49.2 Å². The van der Waals surface area contributed by atoms with Crippen molar-refractivity contribution in [3.8, 4) is 0 Å². The Morgan fingerprint density at radius 1 is 1.06 bits per heavy atom. The van der Waals surface area contributed by atoms with E-state index in [0.29, 0.717) is 0 Å². The summed E-state index contributed by atoms with van der Waals surface area (Å²) in [6.45, 7) is 2.12. The molecule has 0 saturated carbocycles. The molecular weight excluding hydrogens is 225 g/mol. The van der Waals surface area contributed by atoms with Crippen molar-refractivity contribution in [2.45, 2.75) is 19.4 Å². The van der Waals surface area contributed by atoms with E-state index in [-0.39, 0.29) is 11.9 Å². The van der Waals surface area contributed by atoms with E-state index < -0.39 is 0 Å². The third-order valence-electron chi connectivity index (χ3n) is 3.31. The summed E-state index contributed by atoms with van der Waals surface area (Å²) in [6.07, 6.45) is 0.912. The fourth-order valence-electron chi connectivity index (χ4n) is 2.14. The highest BCUT2D eigenvalue weighted by atomic mass is 19.1. The van der Waals surface area contributed by atoms with E-state index in [2.05, 4.69) is 30.4 Å². The molecule has 2 aromatic rings. The van der Waals surface area contributed by atoms with Crippen LogP contribution in [0.15, 0.2) is 48.5 Å². The Morgan fingerprint density at radius 3 is 2.33 bits per heavy atom. The average Bonchev–Trinajstić information content (AvgIpc) is 2.39. The molecule has 1 unspecified atom stereocenters. The lowest BCUT2D eigenvalue weighted by molar-refractivity contribution is 0.584. The third-order valence-corrected chi connectivity index (χ3v) is 3.31. The maximum Gasteiger partial charge on any atom is 0.123 e. The molecule has 0 fully saturated rings. The zero-order chi connectivity index (χ0) is 13.0. The van der Waals surface area contributed by atoms with Crippen molar-refractivity contribution < 1.29 is 4.39 Å². The summed E-state index contributed by atoms with van der Waals surface area (Å²) in [7, 11) is 1.94. The van der Waals surface area contributed by atoms with E-state index in [1.807, 2.05) is 25.2 Å². The van der Waals surface area contributed by atoms with Gasteiger partial charge in [0.2, 0.25) is 0 Å². The topological polar surface area (TPSA) is 12.0 Å². The molecule has 94 valence electrons. The van der Waals surface area contributed by atoms with Crippen molar-refractivity contribution in [3.63, 3.8) is 0 Å². The van der Waals surface area contributed by atoms with Crippen LogP contribution >= 0.6 is 0 Å². The van der Waals surface area contributed by atoms with Crippen LogP contribution in [0.5, 0.6) is 0 Å². The minimum Gasteiger partial charge on any atom is -0.313 e. The van der Waals surface area contributed by atoms with Gasteiger partial charge < -0.3 is 5.32 Å². The molecule has 0 aromatic heterocycles. The fourth-order valence-corrected chi connectivity index (χ4v) is 2.14. The number of nitrogens with one attached hydrogen (secondary N) is 1. The third kappa shape index (κ3) is 2.96. The van der Waals surface area contributed by atoms with E-state index in [4.69, 9.17) is 0 Å². The van der Waals surface area contributed by atoms with Gasteiger partial charge in [0.1, 0.15) is 5.82 Å². The summed E-state index contributed by atoms with van der Waals surface area (Å²) in [6, 6.07) is 15.3. The first kappa shape index (κ1) is 12.8. The first-order chi connectivity index (χ1) is 8.70. The average molecular weight is 243 g/mol. The normalized spacial score (nSPS) is 12.4. The monoisotopic (exact) mass is 243 g/mol. The molecule has 0 saturated heterocycles. The second-order valence-corrected chi connectivity index (χ2v) is 4.52. The van der Waals surface area contributed by atoms with Crippen molar-refractivity contribution >= 4 is 0 Å². The van der Waals surface area contributed by atoms with Crippen LogP contribution in [0.25, 0.3) is 0 Å². The van der Waals surface area contributed by atoms with Gasteiger partial charge in [0.05, 0.1) is 0 Å². The first-order valence-electron chi connectivity index (χ1n) is 6.18. The van der Waals surface area contributed by atoms with E-state index in [0.717, 1.165) is 12.0 Å². The molecule has 1 atom stereocenters. The number of benzene rings is 2. The minimum atomic E-state index is -0.190. The van der Waals surface area contributed by atoms with E-state index in [1.54, 1.807) is 0 Å². The molecule has 0 spiro atoms. The molecule has 2 rings (SSSR count). The Morgan fingerprint density at radius 2 is 1.72 bits per heavy atom. The second-order valence-electron chi connectivity index (χ2n) is 4.52. The Kier molecular flexibility index (Phi) is 4.11. The van der Waals surface area contributed by atoms with Crippen LogP contribution in [0.1, 0.15) is 22.7 Å². The van der Waals surface area contributed by atoms with Gasteiger partial charge >= 0.3 is 0 Å². The smallest absolute Gasteiger partial charge is 0.123 e. The fraction of sp³-hybridized carbons (Fsp3) is 0.250. The molecule has 18 heavy (non-hydrogen) atoms. The highest BCUT2D eigenvalue weighted by Gasteiger charge is 2.11. The highest BCUT2D eigenvalue weighted by molar-refractivity contribution is 5.29. The number of rotatable bonds is 4. The van der Waals surface area contributed by atoms with E-state index in [1.165, 1.54) is 23.3 Å². The lowest BCUT2D eigenvalue weighted by Crippen LogP contribution is -2.19. The molecule has 0 aliphatic heterocycles. The van der Waals surface area contributed by atoms with Crippen molar-refractivity contribution in [2.24, 2.45) is 0 Å². The molecule has 0 aliphatic carbocycles. The van der Waals surface area contributed by atoms with Gasteiger partial charge in [-0.15, -0.1) is 0 Å². The SMILES string of the molecule is CNC(Cc1ccccc1C)c1ccc(F)cc1. The summed E-state index contributed by atoms with van der Waals surface area (Å²) in [4.78, 5) is 0. The molecule has 0 amide bonds. The van der Waals surface area contributed by atoms with Gasteiger partial charge in [-0.3, -0.25) is 0 Å². The zero-order valence-electron chi connectivity index (χ0n) is 10.8. The predicted octanol–water partition coefficient (Wildman–Crippen LogP) is 3.64. The Bertz CT molecular complexity index is 505. The van der Waals surface area contributed by atoms with Gasteiger partial charge in [-0.2, -0.15) is 0 Å². The van der Waals surface area contributed by atoms with Crippen molar-refractivity contribution in [1.29, 1.82) is 0 Å². The van der Waals surface area contributed by atoms with Crippen LogP contribution in [-0.4, -0.2) is 7.05 Å². The van der Waals surface area contributed by atoms with E-state index >= 15 is 0 Å². The van der Waals surface area contributed by atoms with Crippen molar-refractivity contribution in [2.75, 3.05) is 7.05 Å². The van der Waals surface area contributed by atoms with Crippen molar-refractivity contribution in [1.82, 2.24) is 5.32 Å². The molecule has 1 N–H and O–H groups in total. The van der Waals surface area contributed by atoms with Gasteiger partial charge in [0, 0.05) is 6.04 Å². The molecule has 0 radical (unpaired) electrons. The molecular formula is C16H18FN. The molecule has 2 heteroatoms. The van der Waals surface area contributed by atoms with Gasteiger partial charge in [0.15, 0.2) is 0 Å². The van der Waals surface area contributed by atoms with Crippen LogP contribution in [-0.2, 0) is 6.42 Å². The summed E-state index contributed by atoms with van der Waals surface area (Å²) < 4.78 is 12.9. The second kappa shape index (κ2) is 5.78. The highest BCUT2D eigenvalue weighted by Crippen LogP contribution is 2.20. The number of likely N-dealkylation sites (N-methyl/N-ethyl adjacent to an activating group) is 1. The maximum absolute atomic E-state index is 12.9. The number of aryl methyl sites for hydroxylation is 1. The molecule has 2 aromatic carbocycles. The van der Waals surface area contributed by atoms with Crippen LogP contribution in [0.4, 0.5) is 4.39 Å². The number of halogens is 1. The Labute approximate surface area is 108 Å². The molecule has 0 bridgehead atoms. The number of hydrogen-bond donors (Lipinski definition) is 1. The van der Waals surface area contributed by atoms with Crippen molar-refractivity contribution in [3.05, 3.63) is 71.0 Å². The van der Waals surface area contributed by atoms with Gasteiger partial charge in [0.25, 0.3) is 0 Å². The standard InChI is InChI=1S/C16H18FN/c1-12-5-3-4-6-14(12)11-16(18-2)13-7-9-15(17)10-8-13/h3-10,16,18H,11H2,1-2H3. The predicted molar refractivity (Wildman–Crippen MR) is 73.1 cm³/mol. The molecule has 0 heterocycles.